The second-order valence-electron chi connectivity index (χ2n) is 12.4. The normalized spacial score (nSPS) is 11.7. The zero-order valence-electron chi connectivity index (χ0n) is 26.3. The molecule has 0 atom stereocenters. The molecule has 0 aliphatic heterocycles. The molecule has 0 saturated heterocycles. The molecular formula is C45H27N3O. The molecule has 0 aliphatic carbocycles. The molecule has 0 amide bonds. The van der Waals surface area contributed by atoms with E-state index in [4.69, 9.17) is 19.4 Å². The van der Waals surface area contributed by atoms with Gasteiger partial charge in [-0.3, -0.25) is 0 Å². The predicted molar refractivity (Wildman–Crippen MR) is 201 cm³/mol. The van der Waals surface area contributed by atoms with E-state index in [0.717, 1.165) is 60.4 Å². The van der Waals surface area contributed by atoms with E-state index < -0.39 is 0 Å². The summed E-state index contributed by atoms with van der Waals surface area (Å²) in [6, 6.07) is 56.9. The Labute approximate surface area is 282 Å². The largest absolute Gasteiger partial charge is 0.455 e. The topological polar surface area (TPSA) is 51.8 Å². The van der Waals surface area contributed by atoms with Crippen LogP contribution in [0.2, 0.25) is 0 Å². The summed E-state index contributed by atoms with van der Waals surface area (Å²) in [5.41, 5.74) is 6.75. The van der Waals surface area contributed by atoms with Gasteiger partial charge >= 0.3 is 0 Å². The molecule has 8 aromatic carbocycles. The van der Waals surface area contributed by atoms with Gasteiger partial charge in [0.15, 0.2) is 17.5 Å². The van der Waals surface area contributed by atoms with E-state index in [9.17, 15) is 0 Å². The Hall–Kier alpha value is -6.65. The Morgan fingerprint density at radius 3 is 1.73 bits per heavy atom. The maximum atomic E-state index is 6.68. The van der Waals surface area contributed by atoms with Gasteiger partial charge in [-0.25, -0.2) is 15.0 Å². The van der Waals surface area contributed by atoms with Crippen molar-refractivity contribution in [1.82, 2.24) is 15.0 Å². The molecule has 10 rings (SSSR count). The second kappa shape index (κ2) is 11.0. The van der Waals surface area contributed by atoms with Gasteiger partial charge in [-0.1, -0.05) is 146 Å². The van der Waals surface area contributed by atoms with Crippen LogP contribution in [0.1, 0.15) is 0 Å². The van der Waals surface area contributed by atoms with Crippen molar-refractivity contribution in [2.45, 2.75) is 0 Å². The van der Waals surface area contributed by atoms with Gasteiger partial charge in [-0.15, -0.1) is 0 Å². The third kappa shape index (κ3) is 4.57. The monoisotopic (exact) mass is 625 g/mol. The molecule has 2 heterocycles. The average Bonchev–Trinajstić information content (AvgIpc) is 3.57. The van der Waals surface area contributed by atoms with Crippen LogP contribution in [0.3, 0.4) is 0 Å². The Morgan fingerprint density at radius 1 is 0.347 bits per heavy atom. The highest BCUT2D eigenvalue weighted by Gasteiger charge is 2.21. The fraction of sp³-hybridized carbons (Fsp3) is 0. The SMILES string of the molecule is c1ccc(-c2nc(-c3ccc(-c4ccc5ccccc5c4)cc3)nc(-c3cc4ccc5ccccc5c4c4oc5ccccc5c34)n2)cc1. The molecule has 49 heavy (non-hydrogen) atoms. The quantitative estimate of drug-likeness (QED) is 0.183. The van der Waals surface area contributed by atoms with E-state index >= 15 is 0 Å². The number of para-hydroxylation sites is 1. The summed E-state index contributed by atoms with van der Waals surface area (Å²) >= 11 is 0. The first-order valence-corrected chi connectivity index (χ1v) is 16.4. The first-order valence-electron chi connectivity index (χ1n) is 16.4. The van der Waals surface area contributed by atoms with Gasteiger partial charge in [-0.05, 0) is 56.3 Å². The van der Waals surface area contributed by atoms with Crippen molar-refractivity contribution in [1.29, 1.82) is 0 Å². The molecular weight excluding hydrogens is 599 g/mol. The average molecular weight is 626 g/mol. The van der Waals surface area contributed by atoms with E-state index in [-0.39, 0.29) is 0 Å². The van der Waals surface area contributed by atoms with Crippen LogP contribution in [-0.2, 0) is 0 Å². The molecule has 4 nitrogen and oxygen atoms in total. The number of furan rings is 1. The van der Waals surface area contributed by atoms with Crippen LogP contribution < -0.4 is 0 Å². The van der Waals surface area contributed by atoms with Crippen LogP contribution in [0.5, 0.6) is 0 Å². The fourth-order valence-corrected chi connectivity index (χ4v) is 7.08. The molecule has 0 fully saturated rings. The van der Waals surface area contributed by atoms with Crippen molar-refractivity contribution in [3.8, 4) is 45.3 Å². The van der Waals surface area contributed by atoms with Crippen LogP contribution in [0.4, 0.5) is 0 Å². The van der Waals surface area contributed by atoms with Crippen molar-refractivity contribution in [2.75, 3.05) is 0 Å². The van der Waals surface area contributed by atoms with E-state index in [1.807, 2.05) is 42.5 Å². The summed E-state index contributed by atoms with van der Waals surface area (Å²) in [5.74, 6) is 1.85. The van der Waals surface area contributed by atoms with Gasteiger partial charge < -0.3 is 4.42 Å². The molecule has 0 N–H and O–H groups in total. The van der Waals surface area contributed by atoms with Gasteiger partial charge in [0.2, 0.25) is 0 Å². The van der Waals surface area contributed by atoms with Gasteiger partial charge in [0.25, 0.3) is 0 Å². The molecule has 228 valence electrons. The number of hydrogen-bond donors (Lipinski definition) is 0. The lowest BCUT2D eigenvalue weighted by Crippen LogP contribution is -2.00. The highest BCUT2D eigenvalue weighted by molar-refractivity contribution is 6.26. The van der Waals surface area contributed by atoms with Crippen LogP contribution in [0.15, 0.2) is 168 Å². The zero-order valence-corrected chi connectivity index (χ0v) is 26.3. The summed E-state index contributed by atoms with van der Waals surface area (Å²) < 4.78 is 6.68. The molecule has 0 unspecified atom stereocenters. The molecule has 0 spiro atoms. The van der Waals surface area contributed by atoms with Crippen molar-refractivity contribution >= 4 is 54.3 Å². The minimum absolute atomic E-state index is 0.606. The number of nitrogens with zero attached hydrogens (tertiary/aromatic N) is 3. The third-order valence-electron chi connectivity index (χ3n) is 9.49. The van der Waals surface area contributed by atoms with Crippen LogP contribution in [0.25, 0.3) is 99.5 Å². The molecule has 2 aromatic heterocycles. The fourth-order valence-electron chi connectivity index (χ4n) is 7.08. The standard InChI is InChI=1S/C45H27N3O/c1-2-12-31(13-3-1)43-46-44(32-22-18-29(19-23-32)34-24-20-28-10-4-5-14-33(28)26-34)48-45(47-43)38-27-35-25-21-30-11-6-7-15-36(30)40(35)42-41(38)37-16-8-9-17-39(37)49-42/h1-27H. The predicted octanol–water partition coefficient (Wildman–Crippen LogP) is 11.9. The lowest BCUT2D eigenvalue weighted by molar-refractivity contribution is 0.673. The Balaban J connectivity index is 1.20. The maximum Gasteiger partial charge on any atom is 0.164 e. The molecule has 10 aromatic rings. The Morgan fingerprint density at radius 2 is 0.918 bits per heavy atom. The zero-order chi connectivity index (χ0) is 32.3. The molecule has 0 radical (unpaired) electrons. The van der Waals surface area contributed by atoms with E-state index in [1.54, 1.807) is 0 Å². The van der Waals surface area contributed by atoms with Crippen molar-refractivity contribution in [3.05, 3.63) is 164 Å². The number of fused-ring (bicyclic) bond motifs is 8. The van der Waals surface area contributed by atoms with Crippen molar-refractivity contribution in [3.63, 3.8) is 0 Å². The first kappa shape index (κ1) is 27.5. The van der Waals surface area contributed by atoms with Gasteiger partial charge in [0.1, 0.15) is 11.2 Å². The van der Waals surface area contributed by atoms with Gasteiger partial charge in [0, 0.05) is 32.8 Å². The van der Waals surface area contributed by atoms with Gasteiger partial charge in [0.05, 0.1) is 0 Å². The maximum absolute atomic E-state index is 6.68. The highest BCUT2D eigenvalue weighted by Crippen LogP contribution is 2.43. The first-order chi connectivity index (χ1) is 24.3. The molecule has 0 bridgehead atoms. The van der Waals surface area contributed by atoms with Gasteiger partial charge in [-0.2, -0.15) is 0 Å². The summed E-state index contributed by atoms with van der Waals surface area (Å²) in [7, 11) is 0. The summed E-state index contributed by atoms with van der Waals surface area (Å²) in [6.45, 7) is 0. The van der Waals surface area contributed by atoms with Crippen LogP contribution in [-0.4, -0.2) is 15.0 Å². The minimum Gasteiger partial charge on any atom is -0.455 e. The van der Waals surface area contributed by atoms with Crippen LogP contribution >= 0.6 is 0 Å². The van der Waals surface area contributed by atoms with Crippen molar-refractivity contribution in [2.24, 2.45) is 0 Å². The van der Waals surface area contributed by atoms with E-state index in [2.05, 4.69) is 121 Å². The Bertz CT molecular complexity index is 2870. The minimum atomic E-state index is 0.606. The summed E-state index contributed by atoms with van der Waals surface area (Å²) in [6.07, 6.45) is 0. The number of hydrogen-bond acceptors (Lipinski definition) is 4. The van der Waals surface area contributed by atoms with Crippen molar-refractivity contribution < 1.29 is 4.42 Å². The number of rotatable bonds is 4. The molecule has 0 aliphatic rings. The molecule has 0 saturated carbocycles. The van der Waals surface area contributed by atoms with E-state index in [0.29, 0.717) is 17.5 Å². The lowest BCUT2D eigenvalue weighted by atomic mass is 9.95. The number of aromatic nitrogens is 3. The highest BCUT2D eigenvalue weighted by atomic mass is 16.3. The lowest BCUT2D eigenvalue weighted by Gasteiger charge is -2.12. The smallest absolute Gasteiger partial charge is 0.164 e. The summed E-state index contributed by atoms with van der Waals surface area (Å²) in [5, 5.41) is 8.98. The van der Waals surface area contributed by atoms with E-state index in [1.165, 1.54) is 21.7 Å². The second-order valence-corrected chi connectivity index (χ2v) is 12.4. The summed E-state index contributed by atoms with van der Waals surface area (Å²) in [4.78, 5) is 15.4. The third-order valence-corrected chi connectivity index (χ3v) is 9.49. The number of benzene rings is 8. The van der Waals surface area contributed by atoms with Crippen LogP contribution in [0, 0.1) is 0 Å². The molecule has 4 heteroatoms. The Kier molecular flexibility index (Phi) is 6.15.